The minimum Gasteiger partial charge on any atom is -0.481 e. The van der Waals surface area contributed by atoms with Gasteiger partial charge in [-0.1, -0.05) is 24.3 Å². The number of hydrogen-bond donors (Lipinski definition) is 2. The summed E-state index contributed by atoms with van der Waals surface area (Å²) < 4.78 is 0. The summed E-state index contributed by atoms with van der Waals surface area (Å²) in [6.07, 6.45) is 2.53. The van der Waals surface area contributed by atoms with E-state index in [-0.39, 0.29) is 12.3 Å². The highest BCUT2D eigenvalue weighted by atomic mass is 16.4. The van der Waals surface area contributed by atoms with Crippen molar-refractivity contribution in [3.05, 3.63) is 42.5 Å². The topological polar surface area (TPSA) is 66.4 Å². The highest BCUT2D eigenvalue weighted by Gasteiger charge is 2.08. The maximum Gasteiger partial charge on any atom is 0.307 e. The largest absolute Gasteiger partial charge is 0.481 e. The van der Waals surface area contributed by atoms with Crippen molar-refractivity contribution in [1.29, 1.82) is 0 Å². The molecule has 17 heavy (non-hydrogen) atoms. The van der Waals surface area contributed by atoms with E-state index in [9.17, 15) is 9.59 Å². The van der Waals surface area contributed by atoms with Crippen molar-refractivity contribution in [3.8, 4) is 0 Å². The molecule has 1 aromatic rings. The molecular formula is C13H15NO3. The molecule has 0 bridgehead atoms. The molecule has 0 atom stereocenters. The molecule has 90 valence electrons. The molecule has 4 nitrogen and oxygen atoms in total. The van der Waals surface area contributed by atoms with E-state index in [0.29, 0.717) is 24.1 Å². The molecule has 4 heteroatoms. The Morgan fingerprint density at radius 3 is 2.71 bits per heavy atom. The molecule has 0 saturated carbocycles. The van der Waals surface area contributed by atoms with E-state index in [1.165, 1.54) is 0 Å². The van der Waals surface area contributed by atoms with Gasteiger partial charge in [-0.25, -0.2) is 0 Å². The first-order valence-corrected chi connectivity index (χ1v) is 5.34. The van der Waals surface area contributed by atoms with Gasteiger partial charge in [0, 0.05) is 12.1 Å². The van der Waals surface area contributed by atoms with Crippen molar-refractivity contribution < 1.29 is 14.7 Å². The molecule has 2 N–H and O–H groups in total. The molecule has 0 spiro atoms. The van der Waals surface area contributed by atoms with Gasteiger partial charge in [-0.15, -0.1) is 6.58 Å². The summed E-state index contributed by atoms with van der Waals surface area (Å²) in [6.45, 7) is 3.54. The number of allylic oxidation sites excluding steroid dienone is 1. The molecule has 0 radical (unpaired) electrons. The second-order valence-electron chi connectivity index (χ2n) is 3.60. The van der Waals surface area contributed by atoms with E-state index in [0.717, 1.165) is 0 Å². The lowest BCUT2D eigenvalue weighted by Crippen LogP contribution is -2.13. The van der Waals surface area contributed by atoms with Gasteiger partial charge in [-0.3, -0.25) is 9.59 Å². The molecule has 0 aliphatic heterocycles. The average Bonchev–Trinajstić information content (AvgIpc) is 2.28. The van der Waals surface area contributed by atoms with Gasteiger partial charge in [0.1, 0.15) is 0 Å². The maximum absolute atomic E-state index is 11.5. The molecule has 0 aromatic heterocycles. The van der Waals surface area contributed by atoms with Gasteiger partial charge < -0.3 is 10.4 Å². The third kappa shape index (κ3) is 4.51. The van der Waals surface area contributed by atoms with Crippen molar-refractivity contribution in [3.63, 3.8) is 0 Å². The van der Waals surface area contributed by atoms with E-state index in [4.69, 9.17) is 5.11 Å². The van der Waals surface area contributed by atoms with Crippen molar-refractivity contribution in [2.24, 2.45) is 0 Å². The number of carbonyl (C=O) groups excluding carboxylic acids is 1. The van der Waals surface area contributed by atoms with E-state index in [2.05, 4.69) is 11.9 Å². The Balaban J connectivity index is 2.72. The van der Waals surface area contributed by atoms with Crippen LogP contribution in [0.4, 0.5) is 5.69 Å². The number of carboxylic acids is 1. The first-order chi connectivity index (χ1) is 8.13. The number of benzene rings is 1. The highest BCUT2D eigenvalue weighted by molar-refractivity contribution is 5.92. The zero-order chi connectivity index (χ0) is 12.7. The van der Waals surface area contributed by atoms with E-state index in [1.807, 2.05) is 0 Å². The van der Waals surface area contributed by atoms with E-state index >= 15 is 0 Å². The van der Waals surface area contributed by atoms with Crippen LogP contribution >= 0.6 is 0 Å². The molecule has 0 aliphatic rings. The number of carboxylic acid groups (broad SMARTS) is 1. The minimum atomic E-state index is -0.919. The highest BCUT2D eigenvalue weighted by Crippen LogP contribution is 2.16. The monoisotopic (exact) mass is 233 g/mol. The van der Waals surface area contributed by atoms with Gasteiger partial charge in [-0.2, -0.15) is 0 Å². The van der Waals surface area contributed by atoms with Gasteiger partial charge in [0.2, 0.25) is 5.91 Å². The van der Waals surface area contributed by atoms with Gasteiger partial charge in [0.15, 0.2) is 0 Å². The van der Waals surface area contributed by atoms with Crippen LogP contribution in [0.1, 0.15) is 18.4 Å². The van der Waals surface area contributed by atoms with Crippen LogP contribution in [0.25, 0.3) is 0 Å². The Bertz CT molecular complexity index is 426. The van der Waals surface area contributed by atoms with E-state index in [1.54, 1.807) is 30.3 Å². The number of hydrogen-bond acceptors (Lipinski definition) is 2. The Labute approximate surface area is 100.0 Å². The zero-order valence-corrected chi connectivity index (χ0v) is 9.48. The maximum atomic E-state index is 11.5. The van der Waals surface area contributed by atoms with Crippen LogP contribution in [0.3, 0.4) is 0 Å². The van der Waals surface area contributed by atoms with Crippen LogP contribution in [0.2, 0.25) is 0 Å². The SMILES string of the molecule is C=CCCC(=O)Nc1ccccc1CC(=O)O. The number of anilines is 1. The fraction of sp³-hybridized carbons (Fsp3) is 0.231. The van der Waals surface area contributed by atoms with Gasteiger partial charge in [0.25, 0.3) is 0 Å². The normalized spacial score (nSPS) is 9.65. The summed E-state index contributed by atoms with van der Waals surface area (Å²) in [5, 5.41) is 11.4. The van der Waals surface area contributed by atoms with Crippen molar-refractivity contribution in [1.82, 2.24) is 0 Å². The summed E-state index contributed by atoms with van der Waals surface area (Å²) in [5.41, 5.74) is 1.16. The standard InChI is InChI=1S/C13H15NO3/c1-2-3-8-12(15)14-11-7-5-4-6-10(11)9-13(16)17/h2,4-7H,1,3,8-9H2,(H,14,15)(H,16,17). The summed E-state index contributed by atoms with van der Waals surface area (Å²) in [7, 11) is 0. The lowest BCUT2D eigenvalue weighted by atomic mass is 10.1. The third-order valence-corrected chi connectivity index (χ3v) is 2.21. The average molecular weight is 233 g/mol. The zero-order valence-electron chi connectivity index (χ0n) is 9.48. The molecule has 0 aliphatic carbocycles. The number of rotatable bonds is 6. The summed E-state index contributed by atoms with van der Waals surface area (Å²) in [5.74, 6) is -1.06. The Morgan fingerprint density at radius 1 is 1.35 bits per heavy atom. The summed E-state index contributed by atoms with van der Waals surface area (Å²) in [6, 6.07) is 6.90. The predicted molar refractivity (Wildman–Crippen MR) is 65.8 cm³/mol. The predicted octanol–water partition coefficient (Wildman–Crippen LogP) is 2.22. The Hall–Kier alpha value is -2.10. The minimum absolute atomic E-state index is 0.0993. The van der Waals surface area contributed by atoms with Crippen LogP contribution in [0.5, 0.6) is 0 Å². The number of carbonyl (C=O) groups is 2. The third-order valence-electron chi connectivity index (χ3n) is 2.21. The number of nitrogens with one attached hydrogen (secondary N) is 1. The fourth-order valence-electron chi connectivity index (χ4n) is 1.41. The number of amides is 1. The summed E-state index contributed by atoms with van der Waals surface area (Å²) in [4.78, 5) is 22.2. The van der Waals surface area contributed by atoms with Crippen LogP contribution in [-0.4, -0.2) is 17.0 Å². The smallest absolute Gasteiger partial charge is 0.307 e. The first kappa shape index (κ1) is 13.0. The fourth-order valence-corrected chi connectivity index (χ4v) is 1.41. The first-order valence-electron chi connectivity index (χ1n) is 5.34. The van der Waals surface area contributed by atoms with Crippen LogP contribution < -0.4 is 5.32 Å². The molecule has 0 unspecified atom stereocenters. The van der Waals surface area contributed by atoms with Gasteiger partial charge in [0.05, 0.1) is 6.42 Å². The second kappa shape index (κ2) is 6.48. The van der Waals surface area contributed by atoms with Crippen LogP contribution in [0, 0.1) is 0 Å². The lowest BCUT2D eigenvalue weighted by Gasteiger charge is -2.08. The molecule has 1 aromatic carbocycles. The molecular weight excluding hydrogens is 218 g/mol. The number of para-hydroxylation sites is 1. The number of aliphatic carboxylic acids is 1. The van der Waals surface area contributed by atoms with Gasteiger partial charge in [-0.05, 0) is 18.1 Å². The second-order valence-corrected chi connectivity index (χ2v) is 3.60. The van der Waals surface area contributed by atoms with Crippen LogP contribution in [-0.2, 0) is 16.0 Å². The van der Waals surface area contributed by atoms with Crippen molar-refractivity contribution in [2.75, 3.05) is 5.32 Å². The molecule has 0 heterocycles. The quantitative estimate of drug-likeness (QED) is 0.740. The molecule has 1 amide bonds. The van der Waals surface area contributed by atoms with Crippen molar-refractivity contribution >= 4 is 17.6 Å². The molecule has 0 fully saturated rings. The molecule has 1 rings (SSSR count). The Kier molecular flexibility index (Phi) is 4.94. The lowest BCUT2D eigenvalue weighted by molar-refractivity contribution is -0.136. The van der Waals surface area contributed by atoms with E-state index < -0.39 is 5.97 Å². The Morgan fingerprint density at radius 2 is 2.06 bits per heavy atom. The van der Waals surface area contributed by atoms with Crippen molar-refractivity contribution in [2.45, 2.75) is 19.3 Å². The van der Waals surface area contributed by atoms with Gasteiger partial charge >= 0.3 is 5.97 Å². The van der Waals surface area contributed by atoms with Crippen LogP contribution in [0.15, 0.2) is 36.9 Å². The molecule has 0 saturated heterocycles. The summed E-state index contributed by atoms with van der Waals surface area (Å²) >= 11 is 0.